The van der Waals surface area contributed by atoms with Crippen LogP contribution in [0.1, 0.15) is 55.4 Å². The maximum absolute atomic E-state index is 11.7. The third kappa shape index (κ3) is 22.7. The molecule has 1 aliphatic rings. The number of primary amides is 1. The zero-order valence-electron chi connectivity index (χ0n) is 38.5. The summed E-state index contributed by atoms with van der Waals surface area (Å²) < 4.78 is 0. The first kappa shape index (κ1) is 60.8. The number of halogens is 6. The number of amides is 3. The van der Waals surface area contributed by atoms with Gasteiger partial charge >= 0.3 is 6.03 Å². The fourth-order valence-corrected chi connectivity index (χ4v) is 6.18. The lowest BCUT2D eigenvalue weighted by Gasteiger charge is -2.24. The van der Waals surface area contributed by atoms with Crippen LogP contribution in [0.15, 0.2) is 61.3 Å². The van der Waals surface area contributed by atoms with Crippen molar-refractivity contribution in [3.63, 3.8) is 0 Å². The molecule has 1 saturated heterocycles. The molecule has 27 heteroatoms. The van der Waals surface area contributed by atoms with Gasteiger partial charge in [-0.1, -0.05) is 67.0 Å². The topological polar surface area (TPSA) is 290 Å². The molecule has 4 atom stereocenters. The van der Waals surface area contributed by atoms with Gasteiger partial charge < -0.3 is 32.7 Å². The largest absolute Gasteiger partial charge is 0.368 e. The number of nitrogens with zero attached hydrogens (tertiary/aromatic N) is 12. The summed E-state index contributed by atoms with van der Waals surface area (Å²) in [6, 6.07) is 9.95. The van der Waals surface area contributed by atoms with Crippen LogP contribution in [-0.2, 0) is 4.79 Å². The Balaban J connectivity index is 0.000000429. The lowest BCUT2D eigenvalue weighted by Crippen LogP contribution is -2.39. The highest BCUT2D eigenvalue weighted by atomic mass is 35.5. The highest BCUT2D eigenvalue weighted by Crippen LogP contribution is 2.23. The lowest BCUT2D eigenvalue weighted by molar-refractivity contribution is -0.119. The second kappa shape index (κ2) is 31.8. The Morgan fingerprint density at radius 2 is 1.13 bits per heavy atom. The SMILES string of the molecule is CC(C)[C@@H](C#N)Nc1ccnc(Cl)n1.CC(C)[C@@H](CN)Nc1ccnc(Cl)n1.CC(C)[C@H](Nc1ccnc(Cl)n1)C(N)=O.CC(C)[C@H]1CNC(=O)N1c1ccnc(Cl)n1.Clc1ccnc(Cl)n1.[B]. The molecule has 68 heavy (non-hydrogen) atoms. The fraction of sp³-hybridized carbons (Fsp3) is 0.439. The summed E-state index contributed by atoms with van der Waals surface area (Å²) in [6.07, 6.45) is 7.72. The minimum Gasteiger partial charge on any atom is -0.368 e. The van der Waals surface area contributed by atoms with Crippen molar-refractivity contribution in [1.29, 1.82) is 5.26 Å². The smallest absolute Gasteiger partial charge is 0.323 e. The number of hydrogen-bond acceptors (Lipinski definition) is 17. The van der Waals surface area contributed by atoms with Gasteiger partial charge in [-0.3, -0.25) is 9.69 Å². The first-order valence-corrected chi connectivity index (χ1v) is 22.8. The van der Waals surface area contributed by atoms with E-state index in [2.05, 4.69) is 105 Å². The highest BCUT2D eigenvalue weighted by Gasteiger charge is 2.34. The van der Waals surface area contributed by atoms with Crippen LogP contribution in [0, 0.1) is 35.0 Å². The van der Waals surface area contributed by atoms with Crippen LogP contribution in [0.5, 0.6) is 0 Å². The van der Waals surface area contributed by atoms with E-state index < -0.39 is 11.9 Å². The van der Waals surface area contributed by atoms with E-state index in [1.54, 1.807) is 53.8 Å². The second-order valence-electron chi connectivity index (χ2n) is 15.3. The average Bonchev–Trinajstić information content (AvgIpc) is 3.66. The number of nitriles is 1. The number of rotatable bonds is 13. The Morgan fingerprint density at radius 1 is 0.691 bits per heavy atom. The molecule has 0 aromatic carbocycles. The maximum atomic E-state index is 11.7. The Bertz CT molecular complexity index is 2320. The van der Waals surface area contributed by atoms with E-state index in [0.29, 0.717) is 53.3 Å². The van der Waals surface area contributed by atoms with Crippen molar-refractivity contribution >= 4 is 113 Å². The van der Waals surface area contributed by atoms with Crippen molar-refractivity contribution in [2.45, 2.75) is 79.6 Å². The normalized spacial score (nSPS) is 13.8. The first-order chi connectivity index (χ1) is 31.6. The van der Waals surface area contributed by atoms with Gasteiger partial charge in [-0.15, -0.1) is 0 Å². The van der Waals surface area contributed by atoms with Gasteiger partial charge in [0.15, 0.2) is 0 Å². The summed E-state index contributed by atoms with van der Waals surface area (Å²) in [5, 5.41) is 22.0. The van der Waals surface area contributed by atoms with Crippen LogP contribution in [0.4, 0.5) is 28.1 Å². The Hall–Kier alpha value is -5.21. The quantitative estimate of drug-likeness (QED) is 0.0373. The molecule has 6 rings (SSSR count). The van der Waals surface area contributed by atoms with Crippen molar-refractivity contribution in [3.8, 4) is 6.07 Å². The summed E-state index contributed by atoms with van der Waals surface area (Å²) in [4.78, 5) is 62.7. The molecule has 0 bridgehead atoms. The standard InChI is InChI=1S/C10H13ClN4O.C9H13ClN4O.C9H15ClN4.C9H11ClN4.C4H2Cl2N2.B/c1-6(2)7-5-13-10(16)15(7)8-3-4-12-9(11)14-8;1-5(2)7(8(11)15)13-6-3-4-12-9(10)14-6;2*1-6(2)7(5-11)13-8-3-4-12-9(10)14-8;5-3-1-2-7-4(6)8-3;/h3-4,6-7H,5H2,1-2H3,(H,13,16);3-5,7H,1-2H3,(H2,11,15)(H,12,13,14);3-4,6-7H,5,11H2,1-2H3,(H,12,13,14);3-4,6-7H,1-2H3,(H,12,13,14);1-2H;/t4*7-;;/m1011../s1. The molecular weight excluding hydrogens is 1000 g/mol. The first-order valence-electron chi connectivity index (χ1n) is 20.5. The number of carbonyl (C=O) groups excluding carboxylic acids is 2. The summed E-state index contributed by atoms with van der Waals surface area (Å²) in [5.74, 6) is 3.02. The molecule has 5 aromatic rings. The highest BCUT2D eigenvalue weighted by molar-refractivity contribution is 6.31. The molecule has 1 aliphatic heterocycles. The van der Waals surface area contributed by atoms with Gasteiger partial charge in [-0.2, -0.15) is 5.26 Å². The molecule has 6 heterocycles. The number of carbonyl (C=O) groups is 2. The molecule has 365 valence electrons. The van der Waals surface area contributed by atoms with Crippen molar-refractivity contribution in [3.05, 3.63) is 92.9 Å². The Labute approximate surface area is 428 Å². The number of hydrogen-bond donors (Lipinski definition) is 6. The molecular formula is C41H54BCl6N18O2. The van der Waals surface area contributed by atoms with Crippen LogP contribution >= 0.6 is 69.6 Å². The molecule has 0 saturated carbocycles. The van der Waals surface area contributed by atoms with Crippen molar-refractivity contribution in [2.75, 3.05) is 33.9 Å². The number of nitrogens with two attached hydrogens (primary N) is 2. The molecule has 5 aromatic heterocycles. The van der Waals surface area contributed by atoms with Gasteiger partial charge in [0, 0.05) is 58.5 Å². The summed E-state index contributed by atoms with van der Waals surface area (Å²) in [7, 11) is 0. The molecule has 20 nitrogen and oxygen atoms in total. The van der Waals surface area contributed by atoms with Gasteiger partial charge in [-0.25, -0.2) is 54.6 Å². The van der Waals surface area contributed by atoms with Crippen molar-refractivity contribution in [1.82, 2.24) is 55.2 Å². The molecule has 8 N–H and O–H groups in total. The fourth-order valence-electron chi connectivity index (χ4n) is 5.27. The predicted octanol–water partition coefficient (Wildman–Crippen LogP) is 7.75. The van der Waals surface area contributed by atoms with Crippen LogP contribution in [0.25, 0.3) is 0 Å². The van der Waals surface area contributed by atoms with Crippen LogP contribution in [-0.4, -0.2) is 107 Å². The van der Waals surface area contributed by atoms with E-state index in [0.717, 1.165) is 0 Å². The summed E-state index contributed by atoms with van der Waals surface area (Å²) >= 11 is 33.3. The van der Waals surface area contributed by atoms with Crippen molar-refractivity contribution < 1.29 is 9.59 Å². The zero-order chi connectivity index (χ0) is 50.2. The average molecular weight is 1050 g/mol. The molecule has 1 fully saturated rings. The predicted molar refractivity (Wildman–Crippen MR) is 271 cm³/mol. The van der Waals surface area contributed by atoms with Crippen molar-refractivity contribution in [2.24, 2.45) is 35.1 Å². The number of anilines is 4. The van der Waals surface area contributed by atoms with Gasteiger partial charge in [-0.05, 0) is 112 Å². The minimum atomic E-state index is -0.462. The molecule has 0 unspecified atom stereocenters. The summed E-state index contributed by atoms with van der Waals surface area (Å²) in [6.45, 7) is 17.3. The minimum absolute atomic E-state index is 0. The number of urea groups is 1. The Morgan fingerprint density at radius 3 is 1.49 bits per heavy atom. The van der Waals surface area contributed by atoms with Crippen LogP contribution < -0.4 is 37.6 Å². The Kier molecular flexibility index (Phi) is 28.4. The third-order valence-electron chi connectivity index (χ3n) is 8.89. The zero-order valence-corrected chi connectivity index (χ0v) is 43.0. The van der Waals surface area contributed by atoms with Gasteiger partial charge in [0.25, 0.3) is 0 Å². The van der Waals surface area contributed by atoms with E-state index in [1.807, 2.05) is 27.7 Å². The number of aromatic nitrogens is 10. The van der Waals surface area contributed by atoms with Gasteiger partial charge in [0.2, 0.25) is 32.3 Å². The molecule has 0 spiro atoms. The van der Waals surface area contributed by atoms with Gasteiger partial charge in [0.05, 0.1) is 12.1 Å². The van der Waals surface area contributed by atoms with Crippen LogP contribution in [0.2, 0.25) is 31.6 Å². The monoisotopic (exact) mass is 1050 g/mol. The second-order valence-corrected chi connectivity index (χ2v) is 17.4. The molecule has 3 radical (unpaired) electrons. The molecule has 3 amide bonds. The van der Waals surface area contributed by atoms with E-state index in [1.165, 1.54) is 12.4 Å². The van der Waals surface area contributed by atoms with Gasteiger partial charge in [0.1, 0.15) is 40.5 Å². The third-order valence-corrected chi connectivity index (χ3v) is 10.0. The summed E-state index contributed by atoms with van der Waals surface area (Å²) in [5.41, 5.74) is 10.9. The van der Waals surface area contributed by atoms with Crippen LogP contribution in [0.3, 0.4) is 0 Å². The lowest BCUT2D eigenvalue weighted by atomic mass is 10.0. The van der Waals surface area contributed by atoms with E-state index in [4.69, 9.17) is 86.3 Å². The van der Waals surface area contributed by atoms with E-state index in [9.17, 15) is 9.59 Å². The molecule has 0 aliphatic carbocycles. The number of nitrogens with one attached hydrogen (secondary N) is 4. The maximum Gasteiger partial charge on any atom is 0.323 e. The van der Waals surface area contributed by atoms with E-state index >= 15 is 0 Å². The van der Waals surface area contributed by atoms with E-state index in [-0.39, 0.29) is 70.8 Å².